The number of aliphatic carboxylic acids is 1. The molecule has 1 aromatic heterocycles. The van der Waals surface area contributed by atoms with Gasteiger partial charge in [-0.25, -0.2) is 4.98 Å². The first-order chi connectivity index (χ1) is 8.88. The quantitative estimate of drug-likeness (QED) is 0.366. The Bertz CT molecular complexity index is 528. The van der Waals surface area contributed by atoms with Gasteiger partial charge in [0, 0.05) is 11.8 Å². The molecule has 19 heavy (non-hydrogen) atoms. The van der Waals surface area contributed by atoms with E-state index in [9.17, 15) is 19.7 Å². The number of hydrogen-bond acceptors (Lipinski definition) is 6. The number of carboxylic acids is 1. The van der Waals surface area contributed by atoms with Gasteiger partial charge in [0.05, 0.1) is 11.5 Å². The predicted molar refractivity (Wildman–Crippen MR) is 62.6 cm³/mol. The van der Waals surface area contributed by atoms with Crippen LogP contribution in [0.25, 0.3) is 0 Å². The van der Waals surface area contributed by atoms with Gasteiger partial charge < -0.3 is 9.84 Å². The van der Waals surface area contributed by atoms with Gasteiger partial charge in [-0.15, -0.1) is 0 Å². The minimum atomic E-state index is -1.81. The van der Waals surface area contributed by atoms with Gasteiger partial charge in [-0.1, -0.05) is 0 Å². The van der Waals surface area contributed by atoms with Gasteiger partial charge in [0.2, 0.25) is 5.92 Å². The van der Waals surface area contributed by atoms with E-state index in [1.807, 2.05) is 0 Å². The molecule has 0 spiro atoms. The maximum absolute atomic E-state index is 11.6. The Morgan fingerprint density at radius 2 is 2.16 bits per heavy atom. The topological polar surface area (TPSA) is 120 Å². The minimum absolute atomic E-state index is 0.0256. The number of carbonyl (C=O) groups is 2. The average molecular weight is 268 g/mol. The smallest absolute Gasteiger partial charge is 0.326 e. The molecule has 0 saturated carbocycles. The van der Waals surface area contributed by atoms with Crippen molar-refractivity contribution in [2.24, 2.45) is 0 Å². The summed E-state index contributed by atoms with van der Waals surface area (Å²) in [5.41, 5.74) is -0.571. The summed E-state index contributed by atoms with van der Waals surface area (Å²) in [7, 11) is 0. The highest BCUT2D eigenvalue weighted by Gasteiger charge is 2.37. The Morgan fingerprint density at radius 1 is 1.53 bits per heavy atom. The zero-order valence-electron chi connectivity index (χ0n) is 10.3. The van der Waals surface area contributed by atoms with Crippen LogP contribution in [0.5, 0.6) is 0 Å². The Hall–Kier alpha value is -2.51. The molecule has 0 saturated heterocycles. The summed E-state index contributed by atoms with van der Waals surface area (Å²) >= 11 is 0. The molecule has 0 fully saturated rings. The summed E-state index contributed by atoms with van der Waals surface area (Å²) in [6.07, 6.45) is 0. The van der Waals surface area contributed by atoms with Crippen molar-refractivity contribution in [1.82, 2.24) is 4.98 Å². The molecule has 0 aromatic carbocycles. The molecule has 0 aliphatic heterocycles. The molecular weight excluding hydrogens is 256 g/mol. The number of rotatable bonds is 5. The van der Waals surface area contributed by atoms with Crippen molar-refractivity contribution in [1.29, 1.82) is 0 Å². The van der Waals surface area contributed by atoms with Crippen LogP contribution in [0.4, 0.5) is 5.69 Å². The van der Waals surface area contributed by atoms with Crippen LogP contribution < -0.4 is 0 Å². The van der Waals surface area contributed by atoms with Crippen molar-refractivity contribution >= 4 is 17.6 Å². The van der Waals surface area contributed by atoms with Gasteiger partial charge in [0.25, 0.3) is 5.69 Å². The number of esters is 1. The lowest BCUT2D eigenvalue weighted by Crippen LogP contribution is -2.26. The number of carboxylic acid groups (broad SMARTS) is 1. The molecule has 0 aliphatic rings. The summed E-state index contributed by atoms with van der Waals surface area (Å²) < 4.78 is 4.61. The molecular formula is C11H12N2O6. The second-order valence-electron chi connectivity index (χ2n) is 3.64. The van der Waals surface area contributed by atoms with E-state index in [1.165, 1.54) is 19.9 Å². The molecule has 8 nitrogen and oxygen atoms in total. The second kappa shape index (κ2) is 5.89. The molecule has 1 unspecified atom stereocenters. The van der Waals surface area contributed by atoms with Crippen LogP contribution in [-0.2, 0) is 14.3 Å². The maximum Gasteiger partial charge on any atom is 0.326 e. The first-order valence-electron chi connectivity index (χ1n) is 5.39. The fraction of sp³-hybridized carbons (Fsp3) is 0.364. The SMILES string of the molecule is CCOC(=O)C(C(=O)O)c1nc(C)ccc1[N+](=O)[O-]. The third kappa shape index (κ3) is 3.24. The van der Waals surface area contributed by atoms with Crippen LogP contribution >= 0.6 is 0 Å². The van der Waals surface area contributed by atoms with Crippen molar-refractivity contribution in [2.45, 2.75) is 19.8 Å². The molecule has 1 N–H and O–H groups in total. The lowest BCUT2D eigenvalue weighted by molar-refractivity contribution is -0.386. The third-order valence-corrected chi connectivity index (χ3v) is 2.28. The number of nitro groups is 1. The standard InChI is InChI=1S/C11H12N2O6/c1-3-19-11(16)8(10(14)15)9-7(13(17)18)5-4-6(2)12-9/h4-5,8H,3H2,1-2H3,(H,14,15). The highest BCUT2D eigenvalue weighted by molar-refractivity contribution is 6.00. The lowest BCUT2D eigenvalue weighted by atomic mass is 10.0. The minimum Gasteiger partial charge on any atom is -0.480 e. The van der Waals surface area contributed by atoms with Gasteiger partial charge in [0.15, 0.2) is 0 Å². The van der Waals surface area contributed by atoms with Crippen molar-refractivity contribution in [3.63, 3.8) is 0 Å². The van der Waals surface area contributed by atoms with E-state index in [-0.39, 0.29) is 6.61 Å². The van der Waals surface area contributed by atoms with E-state index in [4.69, 9.17) is 5.11 Å². The molecule has 0 aliphatic carbocycles. The monoisotopic (exact) mass is 268 g/mol. The van der Waals surface area contributed by atoms with Crippen LogP contribution in [0.2, 0.25) is 0 Å². The predicted octanol–water partition coefficient (Wildman–Crippen LogP) is 1.03. The van der Waals surface area contributed by atoms with Crippen LogP contribution in [0.1, 0.15) is 24.2 Å². The summed E-state index contributed by atoms with van der Waals surface area (Å²) in [4.78, 5) is 36.6. The number of aromatic nitrogens is 1. The van der Waals surface area contributed by atoms with Crippen LogP contribution in [0.3, 0.4) is 0 Å². The van der Waals surface area contributed by atoms with E-state index in [0.717, 1.165) is 6.07 Å². The van der Waals surface area contributed by atoms with Gasteiger partial charge in [0.1, 0.15) is 5.69 Å². The van der Waals surface area contributed by atoms with Crippen molar-refractivity contribution in [3.8, 4) is 0 Å². The number of aryl methyl sites for hydroxylation is 1. The number of ether oxygens (including phenoxy) is 1. The summed E-state index contributed by atoms with van der Waals surface area (Å²) in [5, 5.41) is 19.9. The Morgan fingerprint density at radius 3 is 2.63 bits per heavy atom. The highest BCUT2D eigenvalue weighted by Crippen LogP contribution is 2.26. The number of pyridine rings is 1. The van der Waals surface area contributed by atoms with Gasteiger partial charge in [-0.2, -0.15) is 0 Å². The molecule has 0 amide bonds. The van der Waals surface area contributed by atoms with E-state index >= 15 is 0 Å². The molecule has 8 heteroatoms. The maximum atomic E-state index is 11.6. The summed E-state index contributed by atoms with van der Waals surface area (Å²) in [5.74, 6) is -4.42. The van der Waals surface area contributed by atoms with E-state index < -0.39 is 34.2 Å². The van der Waals surface area contributed by atoms with E-state index in [1.54, 1.807) is 0 Å². The molecule has 102 valence electrons. The van der Waals surface area contributed by atoms with Crippen molar-refractivity contribution in [3.05, 3.63) is 33.6 Å². The normalized spacial score (nSPS) is 11.7. The first-order valence-corrected chi connectivity index (χ1v) is 5.39. The van der Waals surface area contributed by atoms with Crippen LogP contribution in [-0.4, -0.2) is 33.6 Å². The summed E-state index contributed by atoms with van der Waals surface area (Å²) in [6.45, 7) is 3.02. The molecule has 0 bridgehead atoms. The lowest BCUT2D eigenvalue weighted by Gasteiger charge is -2.11. The molecule has 1 heterocycles. The number of carbonyl (C=O) groups excluding carboxylic acids is 1. The zero-order valence-corrected chi connectivity index (χ0v) is 10.3. The van der Waals surface area contributed by atoms with E-state index in [2.05, 4.69) is 9.72 Å². The summed E-state index contributed by atoms with van der Waals surface area (Å²) in [6, 6.07) is 2.48. The van der Waals surface area contributed by atoms with Gasteiger partial charge in [-0.05, 0) is 19.9 Å². The molecule has 1 aromatic rings. The molecule has 0 radical (unpaired) electrons. The van der Waals surface area contributed by atoms with Crippen LogP contribution in [0.15, 0.2) is 12.1 Å². The van der Waals surface area contributed by atoms with Gasteiger partial charge in [-0.3, -0.25) is 19.7 Å². The van der Waals surface area contributed by atoms with Gasteiger partial charge >= 0.3 is 11.9 Å². The Kier molecular flexibility index (Phi) is 4.51. The van der Waals surface area contributed by atoms with E-state index in [0.29, 0.717) is 5.69 Å². The molecule has 1 atom stereocenters. The fourth-order valence-electron chi connectivity index (χ4n) is 1.49. The number of hydrogen-bond donors (Lipinski definition) is 1. The highest BCUT2D eigenvalue weighted by atomic mass is 16.6. The average Bonchev–Trinajstić information content (AvgIpc) is 2.28. The fourth-order valence-corrected chi connectivity index (χ4v) is 1.49. The van der Waals surface area contributed by atoms with Crippen molar-refractivity contribution in [2.75, 3.05) is 6.61 Å². The molecule has 1 rings (SSSR count). The third-order valence-electron chi connectivity index (χ3n) is 2.28. The Balaban J connectivity index is 3.37. The Labute approximate surface area is 108 Å². The number of nitrogens with zero attached hydrogens (tertiary/aromatic N) is 2. The van der Waals surface area contributed by atoms with Crippen LogP contribution in [0, 0.1) is 17.0 Å². The zero-order chi connectivity index (χ0) is 14.6. The second-order valence-corrected chi connectivity index (χ2v) is 3.64. The largest absolute Gasteiger partial charge is 0.480 e. The van der Waals surface area contributed by atoms with Crippen molar-refractivity contribution < 1.29 is 24.4 Å². The first kappa shape index (κ1) is 14.6.